The molecular formula is C23H21FN4O2. The number of rotatable bonds is 7. The molecule has 0 spiro atoms. The molecule has 0 unspecified atom stereocenters. The number of carbonyl (C=O) groups is 1. The first kappa shape index (κ1) is 19.4. The predicted molar refractivity (Wildman–Crippen MR) is 113 cm³/mol. The number of H-pyrrole nitrogens is 1. The van der Waals surface area contributed by atoms with Gasteiger partial charge in [0.25, 0.3) is 0 Å². The monoisotopic (exact) mass is 404 g/mol. The number of urea groups is 1. The molecule has 152 valence electrons. The lowest BCUT2D eigenvalue weighted by Crippen LogP contribution is -2.40. The van der Waals surface area contributed by atoms with Crippen LogP contribution in [0.5, 0.6) is 5.75 Å². The standard InChI is InChI=1S/C23H21FN4O2/c24-18-8-4-5-9-21(18)30-13-12-25-23(29)28-22(16-6-2-1-3-7-16)17-10-11-19-20(14-17)27-15-26-19/h1-11,14-15,22H,12-13H2,(H,26,27)(H2,25,28,29)/t22-/m1/s1. The van der Waals surface area contributed by atoms with Gasteiger partial charge in [0.15, 0.2) is 11.6 Å². The number of carbonyl (C=O) groups excluding carboxylic acids is 1. The number of ether oxygens (including phenoxy) is 1. The van der Waals surface area contributed by atoms with Crippen LogP contribution in [-0.2, 0) is 0 Å². The average molecular weight is 404 g/mol. The van der Waals surface area contributed by atoms with E-state index in [-0.39, 0.29) is 31.0 Å². The van der Waals surface area contributed by atoms with E-state index in [4.69, 9.17) is 4.74 Å². The van der Waals surface area contributed by atoms with Crippen LogP contribution >= 0.6 is 0 Å². The van der Waals surface area contributed by atoms with Crippen LogP contribution in [0.3, 0.4) is 0 Å². The molecule has 6 nitrogen and oxygen atoms in total. The normalized spacial score (nSPS) is 11.8. The fourth-order valence-corrected chi connectivity index (χ4v) is 3.21. The van der Waals surface area contributed by atoms with Crippen molar-refractivity contribution in [1.82, 2.24) is 20.6 Å². The first-order valence-corrected chi connectivity index (χ1v) is 9.60. The van der Waals surface area contributed by atoms with Crippen molar-refractivity contribution in [3.63, 3.8) is 0 Å². The maximum absolute atomic E-state index is 13.6. The molecular weight excluding hydrogens is 383 g/mol. The number of imidazole rings is 1. The maximum Gasteiger partial charge on any atom is 0.315 e. The summed E-state index contributed by atoms with van der Waals surface area (Å²) in [6, 6.07) is 21.0. The van der Waals surface area contributed by atoms with E-state index in [1.165, 1.54) is 6.07 Å². The molecule has 0 aliphatic rings. The zero-order valence-corrected chi connectivity index (χ0v) is 16.1. The van der Waals surface area contributed by atoms with Gasteiger partial charge in [-0.3, -0.25) is 0 Å². The predicted octanol–water partition coefficient (Wildman–Crippen LogP) is 4.17. The Kier molecular flexibility index (Phi) is 5.89. The van der Waals surface area contributed by atoms with Crippen LogP contribution in [0.25, 0.3) is 11.0 Å². The van der Waals surface area contributed by atoms with Gasteiger partial charge in [-0.1, -0.05) is 48.5 Å². The Morgan fingerprint density at radius 1 is 1.03 bits per heavy atom. The Labute approximate surface area is 173 Å². The zero-order chi connectivity index (χ0) is 20.8. The molecule has 0 saturated carbocycles. The Bertz CT molecular complexity index is 1130. The molecule has 0 bridgehead atoms. The molecule has 0 aliphatic heterocycles. The summed E-state index contributed by atoms with van der Waals surface area (Å²) in [7, 11) is 0. The van der Waals surface area contributed by atoms with Gasteiger partial charge in [-0.05, 0) is 35.4 Å². The van der Waals surface area contributed by atoms with Gasteiger partial charge in [0, 0.05) is 0 Å². The molecule has 0 saturated heterocycles. The van der Waals surface area contributed by atoms with Crippen LogP contribution in [-0.4, -0.2) is 29.2 Å². The summed E-state index contributed by atoms with van der Waals surface area (Å²) >= 11 is 0. The first-order chi connectivity index (χ1) is 14.7. The van der Waals surface area contributed by atoms with Crippen LogP contribution in [0.2, 0.25) is 0 Å². The van der Waals surface area contributed by atoms with Crippen LogP contribution < -0.4 is 15.4 Å². The summed E-state index contributed by atoms with van der Waals surface area (Å²) in [6.07, 6.45) is 1.64. The number of fused-ring (bicyclic) bond motifs is 1. The molecule has 4 aromatic rings. The summed E-state index contributed by atoms with van der Waals surface area (Å²) in [5.41, 5.74) is 3.64. The Morgan fingerprint density at radius 2 is 1.83 bits per heavy atom. The Hall–Kier alpha value is -3.87. The largest absolute Gasteiger partial charge is 0.489 e. The van der Waals surface area contributed by atoms with E-state index >= 15 is 0 Å². The summed E-state index contributed by atoms with van der Waals surface area (Å²) < 4.78 is 19.0. The summed E-state index contributed by atoms with van der Waals surface area (Å²) in [5, 5.41) is 5.76. The minimum atomic E-state index is -0.430. The van der Waals surface area contributed by atoms with E-state index in [0.717, 1.165) is 22.2 Å². The van der Waals surface area contributed by atoms with Crippen molar-refractivity contribution in [3.8, 4) is 5.75 Å². The molecule has 4 rings (SSSR count). The Morgan fingerprint density at radius 3 is 2.67 bits per heavy atom. The Balaban J connectivity index is 1.41. The highest BCUT2D eigenvalue weighted by Gasteiger charge is 2.17. The number of amides is 2. The number of aromatic amines is 1. The van der Waals surface area contributed by atoms with E-state index in [1.54, 1.807) is 24.5 Å². The van der Waals surface area contributed by atoms with Gasteiger partial charge in [0.2, 0.25) is 0 Å². The zero-order valence-electron chi connectivity index (χ0n) is 16.1. The van der Waals surface area contributed by atoms with Crippen molar-refractivity contribution < 1.29 is 13.9 Å². The quantitative estimate of drug-likeness (QED) is 0.405. The minimum absolute atomic E-state index is 0.157. The van der Waals surface area contributed by atoms with Gasteiger partial charge < -0.3 is 20.4 Å². The second kappa shape index (κ2) is 9.09. The van der Waals surface area contributed by atoms with Gasteiger partial charge in [-0.15, -0.1) is 0 Å². The highest BCUT2D eigenvalue weighted by atomic mass is 19.1. The van der Waals surface area contributed by atoms with Crippen molar-refractivity contribution in [2.45, 2.75) is 6.04 Å². The van der Waals surface area contributed by atoms with Crippen molar-refractivity contribution in [2.24, 2.45) is 0 Å². The number of para-hydroxylation sites is 1. The molecule has 3 N–H and O–H groups in total. The topological polar surface area (TPSA) is 79.0 Å². The smallest absolute Gasteiger partial charge is 0.315 e. The van der Waals surface area contributed by atoms with E-state index in [1.807, 2.05) is 48.5 Å². The van der Waals surface area contributed by atoms with Crippen molar-refractivity contribution >= 4 is 17.1 Å². The van der Waals surface area contributed by atoms with E-state index in [9.17, 15) is 9.18 Å². The molecule has 1 heterocycles. The maximum atomic E-state index is 13.6. The number of nitrogens with zero attached hydrogens (tertiary/aromatic N) is 1. The van der Waals surface area contributed by atoms with Crippen molar-refractivity contribution in [3.05, 3.63) is 96.1 Å². The third kappa shape index (κ3) is 4.57. The third-order valence-corrected chi connectivity index (χ3v) is 4.67. The lowest BCUT2D eigenvalue weighted by atomic mass is 9.98. The molecule has 2 amide bonds. The second-order valence-electron chi connectivity index (χ2n) is 6.70. The number of benzene rings is 3. The molecule has 0 radical (unpaired) electrons. The molecule has 3 aromatic carbocycles. The molecule has 0 aliphatic carbocycles. The lowest BCUT2D eigenvalue weighted by molar-refractivity contribution is 0.233. The molecule has 30 heavy (non-hydrogen) atoms. The highest BCUT2D eigenvalue weighted by Crippen LogP contribution is 2.24. The fourth-order valence-electron chi connectivity index (χ4n) is 3.21. The van der Waals surface area contributed by atoms with Crippen molar-refractivity contribution in [1.29, 1.82) is 0 Å². The van der Waals surface area contributed by atoms with Crippen LogP contribution in [0, 0.1) is 5.82 Å². The summed E-state index contributed by atoms with van der Waals surface area (Å²) in [5.74, 6) is -0.268. The average Bonchev–Trinajstić information content (AvgIpc) is 3.25. The van der Waals surface area contributed by atoms with Crippen molar-refractivity contribution in [2.75, 3.05) is 13.2 Å². The molecule has 1 atom stereocenters. The summed E-state index contributed by atoms with van der Waals surface area (Å²) in [6.45, 7) is 0.395. The molecule has 7 heteroatoms. The molecule has 1 aromatic heterocycles. The number of hydrogen-bond acceptors (Lipinski definition) is 3. The highest BCUT2D eigenvalue weighted by molar-refractivity contribution is 5.77. The van der Waals surface area contributed by atoms with E-state index in [2.05, 4.69) is 20.6 Å². The SMILES string of the molecule is O=C(NCCOc1ccccc1F)N[C@H](c1ccccc1)c1ccc2nc[nH]c2c1. The van der Waals surface area contributed by atoms with Crippen LogP contribution in [0.4, 0.5) is 9.18 Å². The van der Waals surface area contributed by atoms with Gasteiger partial charge >= 0.3 is 6.03 Å². The minimum Gasteiger partial charge on any atom is -0.489 e. The first-order valence-electron chi connectivity index (χ1n) is 9.60. The molecule has 0 fully saturated rings. The van der Waals surface area contributed by atoms with Gasteiger partial charge in [-0.25, -0.2) is 14.2 Å². The fraction of sp³-hybridized carbons (Fsp3) is 0.130. The van der Waals surface area contributed by atoms with E-state index < -0.39 is 5.82 Å². The van der Waals surface area contributed by atoms with Gasteiger partial charge in [-0.2, -0.15) is 0 Å². The second-order valence-corrected chi connectivity index (χ2v) is 6.70. The number of hydrogen-bond donors (Lipinski definition) is 3. The third-order valence-electron chi connectivity index (χ3n) is 4.67. The van der Waals surface area contributed by atoms with Crippen LogP contribution in [0.1, 0.15) is 17.2 Å². The van der Waals surface area contributed by atoms with Crippen LogP contribution in [0.15, 0.2) is 79.1 Å². The summed E-state index contributed by atoms with van der Waals surface area (Å²) in [4.78, 5) is 19.9. The number of aromatic nitrogens is 2. The number of nitrogens with one attached hydrogen (secondary N) is 3. The van der Waals surface area contributed by atoms with E-state index in [0.29, 0.717) is 0 Å². The number of halogens is 1. The van der Waals surface area contributed by atoms with Gasteiger partial charge in [0.1, 0.15) is 6.61 Å². The lowest BCUT2D eigenvalue weighted by Gasteiger charge is -2.20. The van der Waals surface area contributed by atoms with Gasteiger partial charge in [0.05, 0.1) is 29.9 Å².